The second-order valence-corrected chi connectivity index (χ2v) is 13.2. The molecule has 0 unspecified atom stereocenters. The highest BCUT2D eigenvalue weighted by molar-refractivity contribution is 6.34. The number of rotatable bonds is 11. The number of carboxylic acids is 1. The van der Waals surface area contributed by atoms with Crippen LogP contribution < -0.4 is 30.3 Å². The third kappa shape index (κ3) is 11.1. The molecule has 0 atom stereocenters. The maximum absolute atomic E-state index is 12.8. The first-order valence-electron chi connectivity index (χ1n) is 18.5. The number of nitrogens with zero attached hydrogens (tertiary/aromatic N) is 1. The molecule has 6 aromatic carbocycles. The Balaban J connectivity index is 0.000000210. The second kappa shape index (κ2) is 19.9. The molecule has 3 amide bonds. The molecule has 13 heteroatoms. The molecular formula is C47H42N4O9. The van der Waals surface area contributed by atoms with Crippen molar-refractivity contribution in [1.29, 1.82) is 0 Å². The van der Waals surface area contributed by atoms with Crippen LogP contribution in [0.5, 0.6) is 23.0 Å². The smallest absolute Gasteiger partial charge is 0.336 e. The summed E-state index contributed by atoms with van der Waals surface area (Å²) in [5, 5.41) is 18.0. The lowest BCUT2D eigenvalue weighted by Crippen LogP contribution is -2.29. The van der Waals surface area contributed by atoms with Crippen molar-refractivity contribution in [3.63, 3.8) is 0 Å². The van der Waals surface area contributed by atoms with Gasteiger partial charge in [0.1, 0.15) is 28.8 Å². The quantitative estimate of drug-likeness (QED) is 0.0723. The number of fused-ring (bicyclic) bond motifs is 1. The second-order valence-electron chi connectivity index (χ2n) is 13.2. The van der Waals surface area contributed by atoms with Gasteiger partial charge >= 0.3 is 5.97 Å². The Morgan fingerprint density at radius 2 is 0.950 bits per heavy atom. The molecule has 0 aliphatic carbocycles. The zero-order valence-electron chi connectivity index (χ0n) is 33.4. The molecule has 13 nitrogen and oxygen atoms in total. The predicted octanol–water partition coefficient (Wildman–Crippen LogP) is 9.59. The highest BCUT2D eigenvalue weighted by Crippen LogP contribution is 2.32. The number of amides is 3. The van der Waals surface area contributed by atoms with Gasteiger partial charge in [0.15, 0.2) is 5.78 Å². The maximum atomic E-state index is 12.8. The molecule has 1 aliphatic rings. The van der Waals surface area contributed by atoms with Crippen LogP contribution in [0.3, 0.4) is 0 Å². The van der Waals surface area contributed by atoms with Crippen molar-refractivity contribution < 1.29 is 43.3 Å². The minimum absolute atomic E-state index is 0.0417. The van der Waals surface area contributed by atoms with Gasteiger partial charge < -0.3 is 35.3 Å². The van der Waals surface area contributed by atoms with Crippen molar-refractivity contribution in [2.75, 3.05) is 34.9 Å². The fourth-order valence-corrected chi connectivity index (χ4v) is 5.68. The average Bonchev–Trinajstić information content (AvgIpc) is 3.50. The zero-order valence-corrected chi connectivity index (χ0v) is 33.4. The Bertz CT molecular complexity index is 2510. The molecule has 6 aromatic rings. The number of aromatic carboxylic acids is 1. The molecule has 0 radical (unpaired) electrons. The highest BCUT2D eigenvalue weighted by atomic mass is 16.5. The highest BCUT2D eigenvalue weighted by Gasteiger charge is 2.37. The van der Waals surface area contributed by atoms with E-state index in [-0.39, 0.29) is 28.3 Å². The first-order chi connectivity index (χ1) is 28.8. The van der Waals surface area contributed by atoms with E-state index in [0.29, 0.717) is 45.5 Å². The van der Waals surface area contributed by atoms with E-state index in [9.17, 15) is 33.9 Å². The summed E-state index contributed by atoms with van der Waals surface area (Å²) in [5.41, 5.74) is 3.96. The molecule has 0 bridgehead atoms. The molecular weight excluding hydrogens is 765 g/mol. The summed E-state index contributed by atoms with van der Waals surface area (Å²) in [7, 11) is 3.69. The van der Waals surface area contributed by atoms with Gasteiger partial charge in [-0.1, -0.05) is 18.2 Å². The lowest BCUT2D eigenvalue weighted by molar-refractivity contribution is -0.115. The number of hydrogen-bond donors (Lipinski definition) is 4. The first-order valence-corrected chi connectivity index (χ1v) is 18.5. The van der Waals surface area contributed by atoms with Crippen LogP contribution in [0.25, 0.3) is 0 Å². The number of carbonyl (C=O) groups excluding carboxylic acids is 5. The third-order valence-corrected chi connectivity index (χ3v) is 8.66. The minimum Gasteiger partial charge on any atom is -0.478 e. The van der Waals surface area contributed by atoms with Crippen molar-refractivity contribution in [3.05, 3.63) is 167 Å². The van der Waals surface area contributed by atoms with E-state index in [1.165, 1.54) is 45.0 Å². The molecule has 7 rings (SSSR count). The third-order valence-electron chi connectivity index (χ3n) is 8.66. The van der Waals surface area contributed by atoms with Crippen molar-refractivity contribution in [2.24, 2.45) is 0 Å². The molecule has 0 saturated carbocycles. The average molecular weight is 807 g/mol. The van der Waals surface area contributed by atoms with Gasteiger partial charge in [0.25, 0.3) is 17.7 Å². The van der Waals surface area contributed by atoms with Crippen LogP contribution in [-0.2, 0) is 4.79 Å². The van der Waals surface area contributed by atoms with Crippen molar-refractivity contribution in [1.82, 2.24) is 0 Å². The molecule has 1 heterocycles. The van der Waals surface area contributed by atoms with Gasteiger partial charge in [-0.25, -0.2) is 9.69 Å². The van der Waals surface area contributed by atoms with E-state index in [4.69, 9.17) is 9.47 Å². The van der Waals surface area contributed by atoms with Crippen LogP contribution in [0.15, 0.2) is 140 Å². The largest absolute Gasteiger partial charge is 0.478 e. The lowest BCUT2D eigenvalue weighted by atomic mass is 10.0. The van der Waals surface area contributed by atoms with Gasteiger partial charge in [-0.05, 0) is 142 Å². The first kappa shape index (κ1) is 43.1. The fourth-order valence-electron chi connectivity index (χ4n) is 5.68. The molecule has 0 saturated heterocycles. The summed E-state index contributed by atoms with van der Waals surface area (Å²) < 4.78 is 11.6. The van der Waals surface area contributed by atoms with Crippen LogP contribution in [-0.4, -0.2) is 54.5 Å². The van der Waals surface area contributed by atoms with Crippen molar-refractivity contribution >= 4 is 58.0 Å². The summed E-state index contributed by atoms with van der Waals surface area (Å²) in [6.07, 6.45) is 0. The Morgan fingerprint density at radius 1 is 0.533 bits per heavy atom. The summed E-state index contributed by atoms with van der Waals surface area (Å²) in [6.45, 7) is 4.48. The molecule has 4 N–H and O–H groups in total. The van der Waals surface area contributed by atoms with E-state index in [1.54, 1.807) is 66.7 Å². The monoisotopic (exact) mass is 806 g/mol. The van der Waals surface area contributed by atoms with Gasteiger partial charge in [0.05, 0.1) is 27.9 Å². The number of nitrogens with one attached hydrogen (secondary N) is 3. The molecule has 0 fully saturated rings. The normalized spacial score (nSPS) is 11.1. The molecule has 304 valence electrons. The SMILES string of the molecule is CC(C)=O.CNc1ccc(Oc2ccc(N3C(=O)c4ccc(C(C)=O)cc4C3=O)cc2)cc1.CNc1ccc(Oc2ccc(NC(=O)c3ccccc3C(=O)O)cc2)cc1. The van der Waals surface area contributed by atoms with Crippen molar-refractivity contribution in [2.45, 2.75) is 20.8 Å². The van der Waals surface area contributed by atoms with Gasteiger partial charge in [-0.15, -0.1) is 0 Å². The van der Waals surface area contributed by atoms with Crippen LogP contribution in [0.1, 0.15) is 72.6 Å². The number of imide groups is 1. The molecule has 0 spiro atoms. The number of hydrogen-bond acceptors (Lipinski definition) is 10. The van der Waals surface area contributed by atoms with Gasteiger partial charge in [0, 0.05) is 36.7 Å². The number of benzene rings is 6. The topological polar surface area (TPSA) is 180 Å². The molecule has 60 heavy (non-hydrogen) atoms. The van der Waals surface area contributed by atoms with Crippen LogP contribution in [0.4, 0.5) is 22.7 Å². The van der Waals surface area contributed by atoms with Gasteiger partial charge in [-0.2, -0.15) is 0 Å². The number of Topliss-reactive ketones (excluding diaryl/α,β-unsaturated/α-hetero) is 2. The number of carbonyl (C=O) groups is 6. The van der Waals surface area contributed by atoms with Crippen LogP contribution >= 0.6 is 0 Å². The standard InChI is InChI=1S/C23H18N2O4.C21H18N2O4.C3H6O/c1-14(26)15-3-12-20-21(13-15)23(28)25(22(20)27)17-6-10-19(11-7-17)29-18-8-4-16(24-2)5-9-18;1-22-14-6-10-16(11-7-14)27-17-12-8-15(9-13-17)23-20(24)18-4-2-3-5-19(18)21(25)26;1-3(2)4/h3-13,24H,1-2H3;2-13,22H,1H3,(H,23,24)(H,25,26);1-2H3. The van der Waals surface area contributed by atoms with Gasteiger partial charge in [0.2, 0.25) is 0 Å². The number of ketones is 2. The van der Waals surface area contributed by atoms with Crippen LogP contribution in [0.2, 0.25) is 0 Å². The van der Waals surface area contributed by atoms with E-state index < -0.39 is 23.7 Å². The number of anilines is 4. The Hall–Kier alpha value is -8.06. The van der Waals surface area contributed by atoms with Crippen LogP contribution in [0, 0.1) is 0 Å². The summed E-state index contributed by atoms with van der Waals surface area (Å²) >= 11 is 0. The number of carboxylic acid groups (broad SMARTS) is 1. The van der Waals surface area contributed by atoms with E-state index >= 15 is 0 Å². The van der Waals surface area contributed by atoms with E-state index in [1.807, 2.05) is 62.6 Å². The van der Waals surface area contributed by atoms with E-state index in [0.717, 1.165) is 16.3 Å². The number of ether oxygens (including phenoxy) is 2. The summed E-state index contributed by atoms with van der Waals surface area (Å²) in [4.78, 5) is 71.2. The van der Waals surface area contributed by atoms with Gasteiger partial charge in [-0.3, -0.25) is 19.2 Å². The fraction of sp³-hybridized carbons (Fsp3) is 0.106. The Morgan fingerprint density at radius 3 is 1.38 bits per heavy atom. The molecule has 0 aromatic heterocycles. The predicted molar refractivity (Wildman–Crippen MR) is 230 cm³/mol. The lowest BCUT2D eigenvalue weighted by Gasteiger charge is -2.14. The Labute approximate surface area is 346 Å². The minimum atomic E-state index is -1.14. The zero-order chi connectivity index (χ0) is 43.3. The Kier molecular flexibility index (Phi) is 14.3. The summed E-state index contributed by atoms with van der Waals surface area (Å²) in [5.74, 6) is 0.114. The maximum Gasteiger partial charge on any atom is 0.336 e. The van der Waals surface area contributed by atoms with Crippen molar-refractivity contribution in [3.8, 4) is 23.0 Å². The summed E-state index contributed by atoms with van der Waals surface area (Å²) in [6, 6.07) is 39.2. The molecule has 1 aliphatic heterocycles. The van der Waals surface area contributed by atoms with E-state index in [2.05, 4.69) is 16.0 Å².